The Kier molecular flexibility index (Phi) is 6.54. The average Bonchev–Trinajstić information content (AvgIpc) is 3.46. The number of rotatable bonds is 8. The minimum atomic E-state index is -0.143. The number of guanidine groups is 1. The van der Waals surface area contributed by atoms with E-state index >= 15 is 0 Å². The molecule has 5 nitrogen and oxygen atoms in total. The molecule has 1 heterocycles. The van der Waals surface area contributed by atoms with E-state index in [9.17, 15) is 9.18 Å². The summed E-state index contributed by atoms with van der Waals surface area (Å²) in [4.78, 5) is 18.7. The highest BCUT2D eigenvalue weighted by molar-refractivity contribution is 5.80. The summed E-state index contributed by atoms with van der Waals surface area (Å²) in [5.74, 6) is 0.836. The van der Waals surface area contributed by atoms with Crippen molar-refractivity contribution in [3.05, 3.63) is 71.0 Å². The number of hydrogen-bond donors (Lipinski definition) is 2. The Morgan fingerprint density at radius 1 is 1.10 bits per heavy atom. The second kappa shape index (κ2) is 9.50. The molecule has 2 aromatic carbocycles. The van der Waals surface area contributed by atoms with Crippen LogP contribution >= 0.6 is 0 Å². The van der Waals surface area contributed by atoms with Crippen LogP contribution in [0.5, 0.6) is 0 Å². The largest absolute Gasteiger partial charge is 0.357 e. The molecule has 2 aromatic rings. The molecule has 1 saturated carbocycles. The van der Waals surface area contributed by atoms with Gasteiger partial charge in [-0.2, -0.15) is 0 Å². The van der Waals surface area contributed by atoms with E-state index < -0.39 is 0 Å². The Morgan fingerprint density at radius 3 is 2.52 bits per heavy atom. The second-order valence-corrected chi connectivity index (χ2v) is 8.50. The van der Waals surface area contributed by atoms with Gasteiger partial charge in [0.2, 0.25) is 5.91 Å². The molecule has 0 bridgehead atoms. The highest BCUT2D eigenvalue weighted by Crippen LogP contribution is 2.48. The molecule has 0 spiro atoms. The number of carbonyl (C=O) groups excluding carboxylic acids is 1. The summed E-state index contributed by atoms with van der Waals surface area (Å²) >= 11 is 0. The van der Waals surface area contributed by atoms with Crippen LogP contribution in [0, 0.1) is 5.82 Å². The van der Waals surface area contributed by atoms with E-state index in [0.29, 0.717) is 26.1 Å². The van der Waals surface area contributed by atoms with Gasteiger partial charge in [0.1, 0.15) is 5.82 Å². The summed E-state index contributed by atoms with van der Waals surface area (Å²) in [5.41, 5.74) is 2.91. The number of halogens is 1. The maximum atomic E-state index is 14.3. The molecule has 2 aliphatic rings. The van der Waals surface area contributed by atoms with Gasteiger partial charge in [-0.1, -0.05) is 42.5 Å². The van der Waals surface area contributed by atoms with Crippen molar-refractivity contribution >= 4 is 11.9 Å². The lowest BCUT2D eigenvalue weighted by molar-refractivity contribution is -0.128. The first-order chi connectivity index (χ1) is 15.1. The van der Waals surface area contributed by atoms with Crippen molar-refractivity contribution in [1.82, 2.24) is 15.5 Å². The molecule has 1 aliphatic heterocycles. The first kappa shape index (κ1) is 21.3. The van der Waals surface area contributed by atoms with Crippen LogP contribution in [-0.2, 0) is 23.3 Å². The van der Waals surface area contributed by atoms with Crippen LogP contribution in [-0.4, -0.2) is 36.4 Å². The number of aliphatic imine (C=N–C) groups is 1. The van der Waals surface area contributed by atoms with E-state index in [-0.39, 0.29) is 17.1 Å². The normalized spacial score (nSPS) is 17.7. The third-order valence-corrected chi connectivity index (χ3v) is 6.30. The van der Waals surface area contributed by atoms with Crippen molar-refractivity contribution in [2.45, 2.75) is 51.1 Å². The van der Waals surface area contributed by atoms with Gasteiger partial charge in [0.05, 0.1) is 6.54 Å². The zero-order valence-corrected chi connectivity index (χ0v) is 18.2. The molecule has 6 heteroatoms. The summed E-state index contributed by atoms with van der Waals surface area (Å²) in [6, 6.07) is 15.2. The first-order valence-electron chi connectivity index (χ1n) is 11.2. The van der Waals surface area contributed by atoms with Gasteiger partial charge >= 0.3 is 0 Å². The number of likely N-dealkylation sites (tertiary alicyclic amines) is 1. The highest BCUT2D eigenvalue weighted by atomic mass is 19.1. The highest BCUT2D eigenvalue weighted by Gasteiger charge is 2.45. The molecule has 0 radical (unpaired) electrons. The second-order valence-electron chi connectivity index (χ2n) is 8.50. The minimum absolute atomic E-state index is 0.130. The zero-order valence-electron chi connectivity index (χ0n) is 18.2. The van der Waals surface area contributed by atoms with Crippen LogP contribution in [0.3, 0.4) is 0 Å². The Hall–Kier alpha value is -2.89. The standard InChI is InChI=1S/C25H31FN4O/c1-2-27-24(29-18-25(13-14-25)21-10-5-6-11-22(21)26)28-16-19-8-3-4-9-20(19)17-30-15-7-12-23(30)31/h3-6,8-11H,2,7,12-18H2,1H3,(H2,27,28,29). The van der Waals surface area contributed by atoms with E-state index in [4.69, 9.17) is 4.99 Å². The van der Waals surface area contributed by atoms with Gasteiger partial charge in [-0.25, -0.2) is 9.38 Å². The van der Waals surface area contributed by atoms with Crippen molar-refractivity contribution in [2.24, 2.45) is 4.99 Å². The number of nitrogens with one attached hydrogen (secondary N) is 2. The van der Waals surface area contributed by atoms with Crippen molar-refractivity contribution in [3.8, 4) is 0 Å². The van der Waals surface area contributed by atoms with Gasteiger partial charge in [0.25, 0.3) is 0 Å². The van der Waals surface area contributed by atoms with Gasteiger partial charge in [-0.15, -0.1) is 0 Å². The van der Waals surface area contributed by atoms with Gasteiger partial charge in [0.15, 0.2) is 5.96 Å². The molecule has 1 amide bonds. The number of hydrogen-bond acceptors (Lipinski definition) is 2. The van der Waals surface area contributed by atoms with Gasteiger partial charge in [-0.05, 0) is 48.9 Å². The zero-order chi connectivity index (χ0) is 21.7. The molecule has 0 atom stereocenters. The van der Waals surface area contributed by atoms with E-state index in [1.165, 1.54) is 6.07 Å². The monoisotopic (exact) mass is 422 g/mol. The molecule has 1 saturated heterocycles. The fourth-order valence-corrected chi connectivity index (χ4v) is 4.29. The molecule has 2 N–H and O–H groups in total. The molecular formula is C25H31FN4O. The quantitative estimate of drug-likeness (QED) is 0.503. The molecule has 0 aromatic heterocycles. The smallest absolute Gasteiger partial charge is 0.222 e. The van der Waals surface area contributed by atoms with Crippen LogP contribution in [0.1, 0.15) is 49.3 Å². The van der Waals surface area contributed by atoms with Crippen molar-refractivity contribution in [3.63, 3.8) is 0 Å². The fraction of sp³-hybridized carbons (Fsp3) is 0.440. The number of carbonyl (C=O) groups is 1. The summed E-state index contributed by atoms with van der Waals surface area (Å²) in [7, 11) is 0. The SMILES string of the molecule is CCNC(=NCc1ccccc1CN1CCCC1=O)NCC1(c2ccccc2F)CC1. The van der Waals surface area contributed by atoms with E-state index in [0.717, 1.165) is 55.0 Å². The number of benzene rings is 2. The Balaban J connectivity index is 1.43. The fourth-order valence-electron chi connectivity index (χ4n) is 4.29. The lowest BCUT2D eigenvalue weighted by Gasteiger charge is -2.20. The Labute approximate surface area is 183 Å². The summed E-state index contributed by atoms with van der Waals surface area (Å²) in [5, 5.41) is 6.73. The molecule has 164 valence electrons. The van der Waals surface area contributed by atoms with Crippen molar-refractivity contribution in [1.29, 1.82) is 0 Å². The summed E-state index contributed by atoms with van der Waals surface area (Å²) < 4.78 is 14.3. The topological polar surface area (TPSA) is 56.7 Å². The van der Waals surface area contributed by atoms with E-state index in [1.807, 2.05) is 36.1 Å². The van der Waals surface area contributed by atoms with E-state index in [1.54, 1.807) is 6.07 Å². The summed E-state index contributed by atoms with van der Waals surface area (Å²) in [6.07, 6.45) is 3.55. The minimum Gasteiger partial charge on any atom is -0.357 e. The third kappa shape index (κ3) is 5.06. The molecule has 31 heavy (non-hydrogen) atoms. The van der Waals surface area contributed by atoms with Crippen LogP contribution in [0.4, 0.5) is 4.39 Å². The molecule has 0 unspecified atom stereocenters. The van der Waals surface area contributed by atoms with Gasteiger partial charge in [-0.3, -0.25) is 4.79 Å². The molecule has 2 fully saturated rings. The lowest BCUT2D eigenvalue weighted by atomic mass is 9.95. The van der Waals surface area contributed by atoms with Crippen LogP contribution in [0.25, 0.3) is 0 Å². The summed E-state index contributed by atoms with van der Waals surface area (Å²) in [6.45, 7) is 5.45. The Morgan fingerprint density at radius 2 is 1.84 bits per heavy atom. The predicted molar refractivity (Wildman–Crippen MR) is 121 cm³/mol. The molecular weight excluding hydrogens is 391 g/mol. The maximum Gasteiger partial charge on any atom is 0.222 e. The van der Waals surface area contributed by atoms with Crippen molar-refractivity contribution in [2.75, 3.05) is 19.6 Å². The van der Waals surface area contributed by atoms with Gasteiger partial charge < -0.3 is 15.5 Å². The molecule has 1 aliphatic carbocycles. The number of nitrogens with zero attached hydrogens (tertiary/aromatic N) is 2. The first-order valence-corrected chi connectivity index (χ1v) is 11.2. The predicted octanol–water partition coefficient (Wildman–Crippen LogP) is 3.74. The van der Waals surface area contributed by atoms with E-state index in [2.05, 4.69) is 22.8 Å². The lowest BCUT2D eigenvalue weighted by Crippen LogP contribution is -2.41. The maximum absolute atomic E-state index is 14.3. The van der Waals surface area contributed by atoms with Crippen LogP contribution < -0.4 is 10.6 Å². The van der Waals surface area contributed by atoms with Crippen LogP contribution in [0.2, 0.25) is 0 Å². The molecule has 4 rings (SSSR count). The van der Waals surface area contributed by atoms with Gasteiger partial charge in [0, 0.05) is 38.0 Å². The Bertz CT molecular complexity index is 954. The number of amides is 1. The average molecular weight is 423 g/mol. The van der Waals surface area contributed by atoms with Crippen LogP contribution in [0.15, 0.2) is 53.5 Å². The third-order valence-electron chi connectivity index (χ3n) is 6.30. The van der Waals surface area contributed by atoms with Crippen molar-refractivity contribution < 1.29 is 9.18 Å².